The lowest BCUT2D eigenvalue weighted by Crippen LogP contribution is -2.20. The van der Waals surface area contributed by atoms with E-state index in [2.05, 4.69) is 25.9 Å². The summed E-state index contributed by atoms with van der Waals surface area (Å²) >= 11 is 6.15. The molecule has 5 aromatic rings. The molecule has 0 saturated carbocycles. The second-order valence-corrected chi connectivity index (χ2v) is 10.3. The Bertz CT molecular complexity index is 1700. The Balaban J connectivity index is 1.59. The van der Waals surface area contributed by atoms with E-state index in [1.54, 1.807) is 55.8 Å². The van der Waals surface area contributed by atoms with Gasteiger partial charge in [-0.3, -0.25) is 4.79 Å². The lowest BCUT2D eigenvalue weighted by molar-refractivity contribution is 0.191. The summed E-state index contributed by atoms with van der Waals surface area (Å²) in [5, 5.41) is 6.36. The molecule has 0 spiro atoms. The molecule has 0 unspecified atom stereocenters. The predicted molar refractivity (Wildman–Crippen MR) is 147 cm³/mol. The summed E-state index contributed by atoms with van der Waals surface area (Å²) in [5.74, 6) is 1.90. The smallest absolute Gasteiger partial charge is 0.282 e. The molecule has 0 bridgehead atoms. The van der Waals surface area contributed by atoms with Crippen LogP contribution >= 0.6 is 11.6 Å². The number of furan rings is 1. The second kappa shape index (κ2) is 9.75. The molecular formula is C29H26ClN3O4. The molecule has 0 radical (unpaired) electrons. The van der Waals surface area contributed by atoms with E-state index in [1.807, 2.05) is 24.3 Å². The van der Waals surface area contributed by atoms with Crippen molar-refractivity contribution in [3.63, 3.8) is 0 Å². The summed E-state index contributed by atoms with van der Waals surface area (Å²) in [6.07, 6.45) is 1.58. The number of ether oxygens (including phenoxy) is 2. The molecule has 0 aliphatic heterocycles. The van der Waals surface area contributed by atoms with E-state index in [1.165, 1.54) is 4.68 Å². The lowest BCUT2D eigenvalue weighted by atomic mass is 9.99. The molecule has 7 nitrogen and oxygen atoms in total. The van der Waals surface area contributed by atoms with Gasteiger partial charge >= 0.3 is 0 Å². The van der Waals surface area contributed by atoms with Gasteiger partial charge in [-0.15, -0.1) is 0 Å². The number of hydrogen-bond donors (Lipinski definition) is 0. The predicted octanol–water partition coefficient (Wildman–Crippen LogP) is 6.78. The Hall–Kier alpha value is -4.10. The van der Waals surface area contributed by atoms with Gasteiger partial charge in [0.1, 0.15) is 5.58 Å². The van der Waals surface area contributed by atoms with Gasteiger partial charge in [-0.25, -0.2) is 4.98 Å². The summed E-state index contributed by atoms with van der Waals surface area (Å²) in [6.45, 7) is 6.85. The molecule has 37 heavy (non-hydrogen) atoms. The number of rotatable bonds is 6. The maximum absolute atomic E-state index is 13.5. The van der Waals surface area contributed by atoms with Gasteiger partial charge in [-0.1, -0.05) is 44.5 Å². The molecule has 0 amide bonds. The minimum Gasteiger partial charge on any atom is -0.493 e. The monoisotopic (exact) mass is 515 g/mol. The normalized spacial score (nSPS) is 12.0. The molecule has 5 rings (SSSR count). The molecule has 0 atom stereocenters. The number of methoxy groups -OCH3 is 1. The van der Waals surface area contributed by atoms with Gasteiger partial charge in [-0.2, -0.15) is 9.78 Å². The maximum atomic E-state index is 13.5. The number of fused-ring (bicyclic) bond motifs is 2. The van der Waals surface area contributed by atoms with Gasteiger partial charge in [-0.05, 0) is 65.6 Å². The third kappa shape index (κ3) is 5.22. The summed E-state index contributed by atoms with van der Waals surface area (Å²) in [7, 11) is 1.59. The van der Waals surface area contributed by atoms with Crippen molar-refractivity contribution in [3.8, 4) is 23.1 Å². The number of aromatic nitrogens is 2. The summed E-state index contributed by atoms with van der Waals surface area (Å²) in [4.78, 5) is 18.2. The highest BCUT2D eigenvalue weighted by atomic mass is 35.5. The SMILES string of the molecule is COc1cc(C=Nn2c(-c3cc4cc(Cl)ccc4o3)nc3ccccc3c2=O)ccc1OCC(C)(C)C. The minimum absolute atomic E-state index is 0.00772. The molecule has 0 fully saturated rings. The molecule has 0 aliphatic carbocycles. The van der Waals surface area contributed by atoms with Crippen molar-refractivity contribution in [3.05, 3.63) is 87.7 Å². The van der Waals surface area contributed by atoms with Crippen LogP contribution in [0.4, 0.5) is 0 Å². The molecule has 0 aliphatic rings. The highest BCUT2D eigenvalue weighted by Crippen LogP contribution is 2.31. The van der Waals surface area contributed by atoms with Crippen molar-refractivity contribution in [2.75, 3.05) is 13.7 Å². The topological polar surface area (TPSA) is 78.9 Å². The number of benzene rings is 3. The zero-order chi connectivity index (χ0) is 26.2. The van der Waals surface area contributed by atoms with Gasteiger partial charge in [0.05, 0.1) is 30.8 Å². The summed E-state index contributed by atoms with van der Waals surface area (Å²) < 4.78 is 18.7. The van der Waals surface area contributed by atoms with Crippen molar-refractivity contribution in [1.82, 2.24) is 9.66 Å². The fourth-order valence-corrected chi connectivity index (χ4v) is 4.00. The highest BCUT2D eigenvalue weighted by Gasteiger charge is 2.17. The molecular weight excluding hydrogens is 490 g/mol. The van der Waals surface area contributed by atoms with E-state index in [0.717, 1.165) is 10.9 Å². The Morgan fingerprint density at radius 1 is 1.05 bits per heavy atom. The second-order valence-electron chi connectivity index (χ2n) is 9.87. The molecule has 8 heteroatoms. The quantitative estimate of drug-likeness (QED) is 0.233. The number of halogens is 1. The van der Waals surface area contributed by atoms with Crippen molar-refractivity contribution in [2.24, 2.45) is 10.5 Å². The molecule has 3 aromatic carbocycles. The van der Waals surface area contributed by atoms with Crippen LogP contribution in [0, 0.1) is 5.41 Å². The molecule has 2 aromatic heterocycles. The van der Waals surface area contributed by atoms with Crippen LogP contribution in [0.3, 0.4) is 0 Å². The van der Waals surface area contributed by atoms with Crippen LogP contribution in [0.2, 0.25) is 5.02 Å². The summed E-state index contributed by atoms with van der Waals surface area (Å²) in [5.41, 5.74) is 1.60. The van der Waals surface area contributed by atoms with Crippen molar-refractivity contribution >= 4 is 39.7 Å². The Kier molecular flexibility index (Phi) is 6.48. The fourth-order valence-electron chi connectivity index (χ4n) is 3.82. The van der Waals surface area contributed by atoms with Gasteiger partial charge in [0.2, 0.25) is 5.82 Å². The van der Waals surface area contributed by atoms with Crippen molar-refractivity contribution in [2.45, 2.75) is 20.8 Å². The zero-order valence-corrected chi connectivity index (χ0v) is 21.7. The van der Waals surface area contributed by atoms with E-state index in [0.29, 0.717) is 45.4 Å². The van der Waals surface area contributed by atoms with Crippen LogP contribution in [0.15, 0.2) is 81.0 Å². The largest absolute Gasteiger partial charge is 0.493 e. The first-order valence-electron chi connectivity index (χ1n) is 11.8. The van der Waals surface area contributed by atoms with Crippen LogP contribution in [0.5, 0.6) is 11.5 Å². The first-order valence-corrected chi connectivity index (χ1v) is 12.2. The Morgan fingerprint density at radius 3 is 2.65 bits per heavy atom. The highest BCUT2D eigenvalue weighted by molar-refractivity contribution is 6.31. The van der Waals surface area contributed by atoms with E-state index in [-0.39, 0.29) is 16.8 Å². The van der Waals surface area contributed by atoms with Gasteiger partial charge in [0.15, 0.2) is 17.3 Å². The average molecular weight is 516 g/mol. The average Bonchev–Trinajstić information content (AvgIpc) is 3.29. The van der Waals surface area contributed by atoms with Crippen LogP contribution < -0.4 is 15.0 Å². The Morgan fingerprint density at radius 2 is 1.86 bits per heavy atom. The van der Waals surface area contributed by atoms with Crippen LogP contribution in [0.25, 0.3) is 33.5 Å². The third-order valence-corrected chi connectivity index (χ3v) is 5.86. The van der Waals surface area contributed by atoms with E-state index >= 15 is 0 Å². The van der Waals surface area contributed by atoms with Gasteiger partial charge in [0.25, 0.3) is 5.56 Å². The van der Waals surface area contributed by atoms with Crippen LogP contribution in [-0.4, -0.2) is 29.6 Å². The zero-order valence-electron chi connectivity index (χ0n) is 21.0. The van der Waals surface area contributed by atoms with Gasteiger partial charge in [0, 0.05) is 10.4 Å². The molecule has 0 N–H and O–H groups in total. The molecule has 188 valence electrons. The Labute approximate surface area is 218 Å². The minimum atomic E-state index is -0.313. The maximum Gasteiger partial charge on any atom is 0.282 e. The standard InChI is InChI=1S/C29H26ClN3O4/c1-29(2,3)17-36-24-11-9-18(13-25(24)35-4)16-31-33-27(32-22-8-6-5-7-21(22)28(33)34)26-15-19-14-20(30)10-12-23(19)37-26/h5-16H,17H2,1-4H3. The summed E-state index contributed by atoms with van der Waals surface area (Å²) in [6, 6.07) is 19.8. The van der Waals surface area contributed by atoms with Crippen molar-refractivity contribution in [1.29, 1.82) is 0 Å². The molecule has 0 saturated heterocycles. The van der Waals surface area contributed by atoms with Crippen LogP contribution in [-0.2, 0) is 0 Å². The number of hydrogen-bond acceptors (Lipinski definition) is 6. The van der Waals surface area contributed by atoms with E-state index in [9.17, 15) is 4.79 Å². The van der Waals surface area contributed by atoms with Crippen LogP contribution in [0.1, 0.15) is 26.3 Å². The first kappa shape index (κ1) is 24.6. The molecule has 2 heterocycles. The fraction of sp³-hybridized carbons (Fsp3) is 0.207. The van der Waals surface area contributed by atoms with Crippen molar-refractivity contribution < 1.29 is 13.9 Å². The third-order valence-electron chi connectivity index (χ3n) is 5.62. The number of nitrogens with zero attached hydrogens (tertiary/aromatic N) is 3. The number of para-hydroxylation sites is 1. The van der Waals surface area contributed by atoms with E-state index in [4.69, 9.17) is 30.5 Å². The lowest BCUT2D eigenvalue weighted by Gasteiger charge is -2.20. The van der Waals surface area contributed by atoms with Gasteiger partial charge < -0.3 is 13.9 Å². The first-order chi connectivity index (χ1) is 17.7. The van der Waals surface area contributed by atoms with E-state index < -0.39 is 0 Å².